The van der Waals surface area contributed by atoms with E-state index in [1.165, 1.54) is 0 Å². The number of hydrogen-bond donors (Lipinski definition) is 1. The van der Waals surface area contributed by atoms with E-state index >= 15 is 0 Å². The van der Waals surface area contributed by atoms with Crippen molar-refractivity contribution in [1.82, 2.24) is 10.3 Å². The zero-order chi connectivity index (χ0) is 17.8. The molecule has 0 saturated heterocycles. The van der Waals surface area contributed by atoms with E-state index in [4.69, 9.17) is 0 Å². The number of fused-ring (bicyclic) bond motifs is 1. The van der Waals surface area contributed by atoms with Gasteiger partial charge in [-0.15, -0.1) is 11.3 Å². The van der Waals surface area contributed by atoms with Crippen LogP contribution in [0.25, 0.3) is 22.0 Å². The summed E-state index contributed by atoms with van der Waals surface area (Å²) in [6.45, 7) is 0.459. The molecule has 1 amide bonds. The Morgan fingerprint density at radius 2 is 1.69 bits per heavy atom. The molecule has 0 aliphatic carbocycles. The second-order valence-corrected chi connectivity index (χ2v) is 7.03. The maximum Gasteiger partial charge on any atom is 0.224 e. The number of rotatable bonds is 5. The molecule has 26 heavy (non-hydrogen) atoms. The van der Waals surface area contributed by atoms with Crippen molar-refractivity contribution >= 4 is 28.0 Å². The second kappa shape index (κ2) is 7.50. The van der Waals surface area contributed by atoms with E-state index in [1.54, 1.807) is 11.3 Å². The Hall–Kier alpha value is -2.98. The number of benzene rings is 3. The number of amides is 1. The van der Waals surface area contributed by atoms with E-state index in [0.717, 1.165) is 32.6 Å². The van der Waals surface area contributed by atoms with Crippen LogP contribution in [0.3, 0.4) is 0 Å². The summed E-state index contributed by atoms with van der Waals surface area (Å²) >= 11 is 1.57. The predicted octanol–water partition coefficient (Wildman–Crippen LogP) is 4.82. The van der Waals surface area contributed by atoms with Crippen LogP contribution in [0, 0.1) is 0 Å². The number of carbonyl (C=O) groups excluding carboxylic acids is 1. The summed E-state index contributed by atoms with van der Waals surface area (Å²) in [5.74, 6) is 0.0119. The molecule has 0 spiro atoms. The van der Waals surface area contributed by atoms with Gasteiger partial charge in [0, 0.05) is 10.9 Å². The van der Waals surface area contributed by atoms with E-state index in [2.05, 4.69) is 28.5 Å². The largest absolute Gasteiger partial charge is 0.349 e. The number of nitrogens with one attached hydrogen (secondary N) is 1. The number of carbonyl (C=O) groups is 1. The van der Waals surface area contributed by atoms with Crippen molar-refractivity contribution in [2.24, 2.45) is 0 Å². The highest BCUT2D eigenvalue weighted by Gasteiger charge is 2.09. The number of nitrogens with zero attached hydrogens (tertiary/aromatic N) is 1. The van der Waals surface area contributed by atoms with Crippen molar-refractivity contribution in [3.63, 3.8) is 0 Å². The first-order chi connectivity index (χ1) is 12.8. The first-order valence-electron chi connectivity index (χ1n) is 8.53. The predicted molar refractivity (Wildman–Crippen MR) is 107 cm³/mol. The SMILES string of the molecule is O=C(Cc1cccc2ccccc12)NCc1nc(-c2ccccc2)cs1. The number of thiazole rings is 1. The summed E-state index contributed by atoms with van der Waals surface area (Å²) in [6, 6.07) is 24.3. The molecule has 4 rings (SSSR count). The maximum absolute atomic E-state index is 12.4. The molecule has 0 saturated carbocycles. The van der Waals surface area contributed by atoms with Gasteiger partial charge in [0.15, 0.2) is 0 Å². The van der Waals surface area contributed by atoms with E-state index < -0.39 is 0 Å². The Bertz CT molecular complexity index is 1030. The summed E-state index contributed by atoms with van der Waals surface area (Å²) in [6.07, 6.45) is 0.373. The topological polar surface area (TPSA) is 42.0 Å². The molecule has 0 fully saturated rings. The van der Waals surface area contributed by atoms with Gasteiger partial charge in [-0.25, -0.2) is 4.98 Å². The van der Waals surface area contributed by atoms with E-state index in [-0.39, 0.29) is 5.91 Å². The second-order valence-electron chi connectivity index (χ2n) is 6.08. The lowest BCUT2D eigenvalue weighted by molar-refractivity contribution is -0.120. The van der Waals surface area contributed by atoms with E-state index in [0.29, 0.717) is 13.0 Å². The molecule has 3 aromatic carbocycles. The minimum absolute atomic E-state index is 0.0119. The normalized spacial score (nSPS) is 10.8. The van der Waals surface area contributed by atoms with Crippen molar-refractivity contribution in [3.8, 4) is 11.3 Å². The minimum atomic E-state index is 0.0119. The van der Waals surface area contributed by atoms with Crippen LogP contribution in [0.15, 0.2) is 78.2 Å². The fourth-order valence-corrected chi connectivity index (χ4v) is 3.73. The van der Waals surface area contributed by atoms with Crippen molar-refractivity contribution < 1.29 is 4.79 Å². The first-order valence-corrected chi connectivity index (χ1v) is 9.41. The molecule has 4 aromatic rings. The molecule has 0 aliphatic rings. The van der Waals surface area contributed by atoms with Crippen LogP contribution in [0.5, 0.6) is 0 Å². The van der Waals surface area contributed by atoms with Crippen LogP contribution in [-0.4, -0.2) is 10.9 Å². The molecule has 1 aromatic heterocycles. The third-order valence-corrected chi connectivity index (χ3v) is 5.14. The molecule has 0 radical (unpaired) electrons. The van der Waals surface area contributed by atoms with Crippen molar-refractivity contribution in [2.75, 3.05) is 0 Å². The lowest BCUT2D eigenvalue weighted by Gasteiger charge is -2.07. The Balaban J connectivity index is 1.41. The summed E-state index contributed by atoms with van der Waals surface area (Å²) in [7, 11) is 0. The molecule has 1 N–H and O–H groups in total. The highest BCUT2D eigenvalue weighted by molar-refractivity contribution is 7.09. The van der Waals surface area contributed by atoms with Crippen LogP contribution < -0.4 is 5.32 Å². The van der Waals surface area contributed by atoms with E-state index in [9.17, 15) is 4.79 Å². The Morgan fingerprint density at radius 1 is 0.923 bits per heavy atom. The first kappa shape index (κ1) is 16.5. The average molecular weight is 358 g/mol. The van der Waals surface area contributed by atoms with Crippen LogP contribution in [0.4, 0.5) is 0 Å². The van der Waals surface area contributed by atoms with Gasteiger partial charge in [0.1, 0.15) is 5.01 Å². The Kier molecular flexibility index (Phi) is 4.75. The molecule has 4 heteroatoms. The molecule has 128 valence electrons. The highest BCUT2D eigenvalue weighted by Crippen LogP contribution is 2.22. The lowest BCUT2D eigenvalue weighted by atomic mass is 10.0. The van der Waals surface area contributed by atoms with Crippen molar-refractivity contribution in [2.45, 2.75) is 13.0 Å². The third-order valence-electron chi connectivity index (χ3n) is 4.29. The van der Waals surface area contributed by atoms with Crippen molar-refractivity contribution in [1.29, 1.82) is 0 Å². The maximum atomic E-state index is 12.4. The molecule has 0 bridgehead atoms. The minimum Gasteiger partial charge on any atom is -0.349 e. The Labute approximate surface area is 156 Å². The van der Waals surface area contributed by atoms with Gasteiger partial charge in [-0.3, -0.25) is 4.79 Å². The standard InChI is InChI=1S/C22H18N2OS/c25-21(13-18-11-6-10-16-7-4-5-12-19(16)18)23-14-22-24-20(15-26-22)17-8-2-1-3-9-17/h1-12,15H,13-14H2,(H,23,25). The van der Waals surface area contributed by atoms with Gasteiger partial charge in [0.25, 0.3) is 0 Å². The van der Waals surface area contributed by atoms with Crippen LogP contribution >= 0.6 is 11.3 Å². The average Bonchev–Trinajstić information content (AvgIpc) is 3.17. The summed E-state index contributed by atoms with van der Waals surface area (Å²) in [4.78, 5) is 17.0. The van der Waals surface area contributed by atoms with Crippen LogP contribution in [0.2, 0.25) is 0 Å². The molecule has 0 aliphatic heterocycles. The molecular weight excluding hydrogens is 340 g/mol. The smallest absolute Gasteiger partial charge is 0.224 e. The molecule has 0 unspecified atom stereocenters. The van der Waals surface area contributed by atoms with Gasteiger partial charge in [-0.1, -0.05) is 72.8 Å². The molecular formula is C22H18N2OS. The monoisotopic (exact) mass is 358 g/mol. The fourth-order valence-electron chi connectivity index (χ4n) is 2.99. The molecule has 0 atom stereocenters. The molecule has 3 nitrogen and oxygen atoms in total. The zero-order valence-corrected chi connectivity index (χ0v) is 15.0. The van der Waals surface area contributed by atoms with Gasteiger partial charge < -0.3 is 5.32 Å². The summed E-state index contributed by atoms with van der Waals surface area (Å²) in [5, 5.41) is 8.22. The number of hydrogen-bond acceptors (Lipinski definition) is 3. The third kappa shape index (κ3) is 3.65. The molecule has 1 heterocycles. The Morgan fingerprint density at radius 3 is 2.58 bits per heavy atom. The van der Waals surface area contributed by atoms with Gasteiger partial charge >= 0.3 is 0 Å². The van der Waals surface area contributed by atoms with E-state index in [1.807, 2.05) is 60.0 Å². The zero-order valence-electron chi connectivity index (χ0n) is 14.2. The lowest BCUT2D eigenvalue weighted by Crippen LogP contribution is -2.24. The van der Waals surface area contributed by atoms with Crippen LogP contribution in [-0.2, 0) is 17.8 Å². The summed E-state index contributed by atoms with van der Waals surface area (Å²) < 4.78 is 0. The van der Waals surface area contributed by atoms with Gasteiger partial charge in [0.2, 0.25) is 5.91 Å². The highest BCUT2D eigenvalue weighted by atomic mass is 32.1. The van der Waals surface area contributed by atoms with Gasteiger partial charge in [-0.05, 0) is 16.3 Å². The number of aromatic nitrogens is 1. The van der Waals surface area contributed by atoms with Gasteiger partial charge in [-0.2, -0.15) is 0 Å². The van der Waals surface area contributed by atoms with Gasteiger partial charge in [0.05, 0.1) is 18.7 Å². The quantitative estimate of drug-likeness (QED) is 0.556. The van der Waals surface area contributed by atoms with Crippen LogP contribution in [0.1, 0.15) is 10.6 Å². The summed E-state index contributed by atoms with van der Waals surface area (Å²) in [5.41, 5.74) is 3.09. The van der Waals surface area contributed by atoms with Crippen molar-refractivity contribution in [3.05, 3.63) is 88.7 Å². The fraction of sp³-hybridized carbons (Fsp3) is 0.0909.